The van der Waals surface area contributed by atoms with Crippen molar-refractivity contribution in [2.24, 2.45) is 5.11 Å². The molecule has 1 aromatic carbocycles. The van der Waals surface area contributed by atoms with Crippen molar-refractivity contribution in [2.45, 2.75) is 6.10 Å². The molecular weight excluding hydrogens is 303 g/mol. The Morgan fingerprint density at radius 2 is 2.39 bits per heavy atom. The average molecular weight is 314 g/mol. The van der Waals surface area contributed by atoms with E-state index in [1.54, 1.807) is 6.07 Å². The first-order chi connectivity index (χ1) is 11.1. The molecule has 3 rings (SSSR count). The maximum Gasteiger partial charge on any atom is 0.414 e. The molecule has 1 fully saturated rings. The Hall–Kier alpha value is -3.28. The molecule has 0 saturated carbocycles. The smallest absolute Gasteiger partial charge is 0.414 e. The Labute approximate surface area is 130 Å². The zero-order valence-electron chi connectivity index (χ0n) is 11.8. The van der Waals surface area contributed by atoms with E-state index in [0.717, 1.165) is 0 Å². The number of anilines is 1. The van der Waals surface area contributed by atoms with Gasteiger partial charge in [-0.25, -0.2) is 19.4 Å². The number of cyclic esters (lactones) is 1. The van der Waals surface area contributed by atoms with E-state index in [0.29, 0.717) is 11.3 Å². The molecule has 0 spiro atoms. The lowest BCUT2D eigenvalue weighted by Gasteiger charge is -2.14. The lowest BCUT2D eigenvalue weighted by Crippen LogP contribution is -2.25. The summed E-state index contributed by atoms with van der Waals surface area (Å²) in [5.41, 5.74) is 7.63. The van der Waals surface area contributed by atoms with Crippen molar-refractivity contribution in [3.8, 4) is 11.8 Å². The molecule has 1 saturated heterocycles. The maximum atomic E-state index is 14.3. The van der Waals surface area contributed by atoms with E-state index in [4.69, 9.17) is 15.5 Å². The molecule has 1 atom stereocenters. The zero-order valence-corrected chi connectivity index (χ0v) is 11.8. The van der Waals surface area contributed by atoms with Gasteiger partial charge < -0.3 is 4.74 Å². The van der Waals surface area contributed by atoms with Gasteiger partial charge in [-0.3, -0.25) is 4.90 Å². The monoisotopic (exact) mass is 314 g/mol. The summed E-state index contributed by atoms with van der Waals surface area (Å²) in [5, 5.41) is 15.9. The molecule has 1 amide bonds. The standard InChI is InChI=1S/C14H11FN6O2/c15-12-3-10(20-8-11(6-18-17)23-14(20)22)1-2-13(12)21-7-9(4-16)5-19-21/h1-3,5,7,11,17H,6,8H2. The van der Waals surface area contributed by atoms with Crippen molar-refractivity contribution in [2.75, 3.05) is 18.0 Å². The van der Waals surface area contributed by atoms with Gasteiger partial charge in [-0.1, -0.05) is 0 Å². The zero-order chi connectivity index (χ0) is 16.4. The Balaban J connectivity index is 1.86. The van der Waals surface area contributed by atoms with Crippen molar-refractivity contribution in [3.05, 3.63) is 42.0 Å². The van der Waals surface area contributed by atoms with Crippen molar-refractivity contribution < 1.29 is 13.9 Å². The number of nitriles is 1. The number of halogens is 1. The topological polar surface area (TPSA) is 107 Å². The molecule has 2 aromatic rings. The molecule has 9 heteroatoms. The predicted octanol–water partition coefficient (Wildman–Crippen LogP) is 2.24. The van der Waals surface area contributed by atoms with Crippen LogP contribution in [0.5, 0.6) is 0 Å². The van der Waals surface area contributed by atoms with Crippen molar-refractivity contribution in [1.82, 2.24) is 9.78 Å². The molecular formula is C14H11FN6O2. The van der Waals surface area contributed by atoms with Gasteiger partial charge >= 0.3 is 6.09 Å². The molecule has 116 valence electrons. The molecule has 8 nitrogen and oxygen atoms in total. The first-order valence-corrected chi connectivity index (χ1v) is 6.68. The highest BCUT2D eigenvalue weighted by atomic mass is 19.1. The van der Waals surface area contributed by atoms with Crippen LogP contribution in [0.4, 0.5) is 14.9 Å². The first-order valence-electron chi connectivity index (χ1n) is 6.68. The SMILES string of the molecule is N#Cc1cnn(-c2ccc(N3CC(CN=N)OC3=O)cc2F)c1. The van der Waals surface area contributed by atoms with E-state index in [-0.39, 0.29) is 18.8 Å². The van der Waals surface area contributed by atoms with Crippen LogP contribution >= 0.6 is 0 Å². The van der Waals surface area contributed by atoms with Crippen LogP contribution in [0.25, 0.3) is 5.69 Å². The molecule has 0 bridgehead atoms. The number of carbonyl (C=O) groups is 1. The van der Waals surface area contributed by atoms with Crippen LogP contribution in [-0.4, -0.2) is 35.1 Å². The van der Waals surface area contributed by atoms with Crippen molar-refractivity contribution in [3.63, 3.8) is 0 Å². The number of ether oxygens (including phenoxy) is 1. The van der Waals surface area contributed by atoms with Gasteiger partial charge in [-0.15, -0.1) is 0 Å². The van der Waals surface area contributed by atoms with Gasteiger partial charge in [-0.2, -0.15) is 15.5 Å². The highest BCUT2D eigenvalue weighted by molar-refractivity contribution is 5.89. The van der Waals surface area contributed by atoms with Gasteiger partial charge in [0.25, 0.3) is 0 Å². The van der Waals surface area contributed by atoms with Crippen LogP contribution < -0.4 is 4.90 Å². The number of rotatable bonds is 4. The summed E-state index contributed by atoms with van der Waals surface area (Å²) in [6, 6.07) is 6.14. The molecule has 1 aliphatic rings. The fraction of sp³-hybridized carbons (Fsp3) is 0.214. The Morgan fingerprint density at radius 3 is 3.04 bits per heavy atom. The van der Waals surface area contributed by atoms with E-state index in [1.165, 1.54) is 34.1 Å². The van der Waals surface area contributed by atoms with Crippen LogP contribution in [-0.2, 0) is 4.74 Å². The van der Waals surface area contributed by atoms with Crippen molar-refractivity contribution in [1.29, 1.82) is 10.8 Å². The third kappa shape index (κ3) is 2.74. The Morgan fingerprint density at radius 1 is 1.57 bits per heavy atom. The third-order valence-corrected chi connectivity index (χ3v) is 3.37. The van der Waals surface area contributed by atoms with Gasteiger partial charge in [-0.05, 0) is 18.2 Å². The first kappa shape index (κ1) is 14.6. The number of carbonyl (C=O) groups excluding carboxylic acids is 1. The largest absolute Gasteiger partial charge is 0.442 e. The highest BCUT2D eigenvalue weighted by Crippen LogP contribution is 2.25. The summed E-state index contributed by atoms with van der Waals surface area (Å²) >= 11 is 0. The number of nitrogens with one attached hydrogen (secondary N) is 1. The number of hydrogen-bond donors (Lipinski definition) is 1. The number of amides is 1. The fourth-order valence-corrected chi connectivity index (χ4v) is 2.29. The quantitative estimate of drug-likeness (QED) is 0.873. The lowest BCUT2D eigenvalue weighted by atomic mass is 10.2. The van der Waals surface area contributed by atoms with Gasteiger partial charge in [0.15, 0.2) is 5.82 Å². The van der Waals surface area contributed by atoms with Gasteiger partial charge in [0.1, 0.15) is 17.9 Å². The van der Waals surface area contributed by atoms with E-state index < -0.39 is 18.0 Å². The van der Waals surface area contributed by atoms with Gasteiger partial charge in [0.2, 0.25) is 0 Å². The minimum Gasteiger partial charge on any atom is -0.442 e. The second kappa shape index (κ2) is 5.84. The molecule has 23 heavy (non-hydrogen) atoms. The molecule has 1 aromatic heterocycles. The molecule has 2 heterocycles. The van der Waals surface area contributed by atoms with Crippen LogP contribution in [0.1, 0.15) is 5.56 Å². The van der Waals surface area contributed by atoms with Crippen LogP contribution in [0.3, 0.4) is 0 Å². The van der Waals surface area contributed by atoms with Gasteiger partial charge in [0.05, 0.1) is 30.5 Å². The highest BCUT2D eigenvalue weighted by Gasteiger charge is 2.32. The van der Waals surface area contributed by atoms with Crippen LogP contribution in [0.2, 0.25) is 0 Å². The van der Waals surface area contributed by atoms with E-state index >= 15 is 0 Å². The minimum absolute atomic E-state index is 0.0764. The normalized spacial score (nSPS) is 17.0. The van der Waals surface area contributed by atoms with E-state index in [9.17, 15) is 9.18 Å². The number of benzene rings is 1. The average Bonchev–Trinajstić information content (AvgIpc) is 3.14. The summed E-state index contributed by atoms with van der Waals surface area (Å²) in [4.78, 5) is 13.1. The number of aromatic nitrogens is 2. The summed E-state index contributed by atoms with van der Waals surface area (Å²) in [5.74, 6) is -0.587. The van der Waals surface area contributed by atoms with E-state index in [2.05, 4.69) is 10.2 Å². The molecule has 1 N–H and O–H groups in total. The number of hydrogen-bond acceptors (Lipinski definition) is 6. The molecule has 1 aliphatic heterocycles. The summed E-state index contributed by atoms with van der Waals surface area (Å²) in [6.07, 6.45) is 1.64. The Bertz CT molecular complexity index is 812. The molecule has 1 unspecified atom stereocenters. The summed E-state index contributed by atoms with van der Waals surface area (Å²) < 4.78 is 20.6. The molecule has 0 aliphatic carbocycles. The van der Waals surface area contributed by atoms with Crippen LogP contribution in [0, 0.1) is 22.7 Å². The minimum atomic E-state index is -0.600. The second-order valence-corrected chi connectivity index (χ2v) is 4.88. The molecule has 0 radical (unpaired) electrons. The number of nitrogens with zero attached hydrogens (tertiary/aromatic N) is 5. The fourth-order valence-electron chi connectivity index (χ4n) is 2.29. The summed E-state index contributed by atoms with van der Waals surface area (Å²) in [7, 11) is 0. The lowest BCUT2D eigenvalue weighted by molar-refractivity contribution is 0.144. The van der Waals surface area contributed by atoms with E-state index in [1.807, 2.05) is 6.07 Å². The predicted molar refractivity (Wildman–Crippen MR) is 75.9 cm³/mol. The van der Waals surface area contributed by atoms with Crippen LogP contribution in [0.15, 0.2) is 35.7 Å². The van der Waals surface area contributed by atoms with Gasteiger partial charge in [0, 0.05) is 6.20 Å². The van der Waals surface area contributed by atoms with Crippen molar-refractivity contribution >= 4 is 11.8 Å². The second-order valence-electron chi connectivity index (χ2n) is 4.88. The third-order valence-electron chi connectivity index (χ3n) is 3.37. The summed E-state index contributed by atoms with van der Waals surface area (Å²) in [6.45, 7) is 0.285. The maximum absolute atomic E-state index is 14.3. The Kier molecular flexibility index (Phi) is 3.72.